The lowest BCUT2D eigenvalue weighted by atomic mass is 10.0. The number of aryl methyl sites for hydroxylation is 2. The topological polar surface area (TPSA) is 91.9 Å². The average Bonchev–Trinajstić information content (AvgIpc) is 3.79. The van der Waals surface area contributed by atoms with E-state index in [1.807, 2.05) is 97.1 Å². The van der Waals surface area contributed by atoms with Crippen LogP contribution in [0.4, 0.5) is 0 Å². The van der Waals surface area contributed by atoms with Gasteiger partial charge in [0.2, 0.25) is 0 Å². The Kier molecular flexibility index (Phi) is 5.99. The first-order valence-corrected chi connectivity index (χ1v) is 16.3. The van der Waals surface area contributed by atoms with Crippen molar-refractivity contribution in [2.45, 2.75) is 0 Å². The number of hydrogen-bond acceptors (Lipinski definition) is 6. The van der Waals surface area contributed by atoms with Gasteiger partial charge < -0.3 is 8.83 Å². The Labute approximate surface area is 284 Å². The molecule has 0 N–H and O–H groups in total. The Morgan fingerprint density at radius 2 is 1.10 bits per heavy atom. The quantitative estimate of drug-likeness (QED) is 0.189. The molecule has 0 aliphatic carbocycles. The Bertz CT molecular complexity index is 3040. The van der Waals surface area contributed by atoms with Crippen molar-refractivity contribution >= 4 is 54.9 Å². The molecule has 10 rings (SSSR count). The molecule has 0 saturated carbocycles. The Hall–Kier alpha value is -6.80. The molecular formula is C42H27N5O3. The smallest absolute Gasteiger partial charge is 0.328 e. The SMILES string of the molecule is Cn1c(=O)n(C)c2cc(-c3cccc(-c4nc(-c5ccccc5)nc(-c5cccc6c5oc5cc7oc8ccccc8c7cc56)n4)c3)ccc21. The Balaban J connectivity index is 1.15. The van der Waals surface area contributed by atoms with Crippen LogP contribution in [0.1, 0.15) is 0 Å². The van der Waals surface area contributed by atoms with Crippen LogP contribution in [-0.2, 0) is 14.1 Å². The third-order valence-electron chi connectivity index (χ3n) is 9.63. The van der Waals surface area contributed by atoms with Crippen LogP contribution in [0.5, 0.6) is 0 Å². The van der Waals surface area contributed by atoms with Gasteiger partial charge in [0.25, 0.3) is 0 Å². The van der Waals surface area contributed by atoms with E-state index in [4.69, 9.17) is 23.8 Å². The predicted molar refractivity (Wildman–Crippen MR) is 198 cm³/mol. The fourth-order valence-corrected chi connectivity index (χ4v) is 7.06. The molecule has 0 bridgehead atoms. The zero-order chi connectivity index (χ0) is 33.5. The van der Waals surface area contributed by atoms with E-state index in [1.54, 1.807) is 23.2 Å². The van der Waals surface area contributed by atoms with Crippen molar-refractivity contribution in [2.24, 2.45) is 14.1 Å². The number of para-hydroxylation sites is 2. The van der Waals surface area contributed by atoms with E-state index in [0.29, 0.717) is 23.1 Å². The third kappa shape index (κ3) is 4.25. The molecule has 10 aromatic rings. The number of imidazole rings is 1. The number of rotatable bonds is 4. The van der Waals surface area contributed by atoms with Gasteiger partial charge in [0.05, 0.1) is 16.6 Å². The predicted octanol–water partition coefficient (Wildman–Crippen LogP) is 9.53. The molecule has 4 heterocycles. The second-order valence-electron chi connectivity index (χ2n) is 12.6. The van der Waals surface area contributed by atoms with Crippen molar-refractivity contribution in [3.05, 3.63) is 138 Å². The summed E-state index contributed by atoms with van der Waals surface area (Å²) in [6.45, 7) is 0. The number of hydrogen-bond donors (Lipinski definition) is 0. The molecule has 0 radical (unpaired) electrons. The maximum atomic E-state index is 12.6. The fraction of sp³-hybridized carbons (Fsp3) is 0.0476. The van der Waals surface area contributed by atoms with Gasteiger partial charge in [-0.3, -0.25) is 9.13 Å². The van der Waals surface area contributed by atoms with Gasteiger partial charge in [0.1, 0.15) is 22.3 Å². The molecule has 8 heteroatoms. The van der Waals surface area contributed by atoms with E-state index in [0.717, 1.165) is 77.1 Å². The highest BCUT2D eigenvalue weighted by Crippen LogP contribution is 2.40. The minimum Gasteiger partial charge on any atom is -0.456 e. The molecule has 0 spiro atoms. The molecule has 238 valence electrons. The molecule has 0 saturated heterocycles. The first-order valence-electron chi connectivity index (χ1n) is 16.3. The van der Waals surface area contributed by atoms with Gasteiger partial charge >= 0.3 is 5.69 Å². The van der Waals surface area contributed by atoms with Gasteiger partial charge in [-0.25, -0.2) is 19.7 Å². The first kappa shape index (κ1) is 28.2. The zero-order valence-electron chi connectivity index (χ0n) is 27.1. The highest BCUT2D eigenvalue weighted by molar-refractivity contribution is 6.16. The molecule has 50 heavy (non-hydrogen) atoms. The van der Waals surface area contributed by atoms with Gasteiger partial charge in [0.15, 0.2) is 17.5 Å². The zero-order valence-corrected chi connectivity index (χ0v) is 27.1. The number of aromatic nitrogens is 5. The summed E-state index contributed by atoms with van der Waals surface area (Å²) in [5.41, 5.74) is 9.23. The van der Waals surface area contributed by atoms with Gasteiger partial charge in [-0.05, 0) is 47.5 Å². The number of benzene rings is 6. The summed E-state index contributed by atoms with van der Waals surface area (Å²) in [6.07, 6.45) is 0. The second kappa shape index (κ2) is 10.6. The maximum absolute atomic E-state index is 12.6. The lowest BCUT2D eigenvalue weighted by molar-refractivity contribution is 0.656. The van der Waals surface area contributed by atoms with E-state index in [9.17, 15) is 4.79 Å². The van der Waals surface area contributed by atoms with Crippen molar-refractivity contribution in [3.63, 3.8) is 0 Å². The molecule has 0 aliphatic rings. The first-order chi connectivity index (χ1) is 24.5. The number of nitrogens with zero attached hydrogens (tertiary/aromatic N) is 5. The van der Waals surface area contributed by atoms with E-state index < -0.39 is 0 Å². The number of furan rings is 2. The highest BCUT2D eigenvalue weighted by Gasteiger charge is 2.20. The minimum absolute atomic E-state index is 0.0562. The van der Waals surface area contributed by atoms with Crippen molar-refractivity contribution in [1.29, 1.82) is 0 Å². The van der Waals surface area contributed by atoms with Crippen LogP contribution in [0.25, 0.3) is 100 Å². The van der Waals surface area contributed by atoms with Crippen LogP contribution in [0, 0.1) is 0 Å². The van der Waals surface area contributed by atoms with Gasteiger partial charge in [-0.2, -0.15) is 0 Å². The summed E-state index contributed by atoms with van der Waals surface area (Å²) in [6, 6.07) is 42.4. The highest BCUT2D eigenvalue weighted by atomic mass is 16.3. The van der Waals surface area contributed by atoms with Crippen molar-refractivity contribution in [2.75, 3.05) is 0 Å². The van der Waals surface area contributed by atoms with Crippen molar-refractivity contribution < 1.29 is 8.83 Å². The van der Waals surface area contributed by atoms with Crippen LogP contribution >= 0.6 is 0 Å². The van der Waals surface area contributed by atoms with E-state index >= 15 is 0 Å². The van der Waals surface area contributed by atoms with E-state index in [-0.39, 0.29) is 5.69 Å². The Morgan fingerprint density at radius 3 is 1.98 bits per heavy atom. The molecule has 8 nitrogen and oxygen atoms in total. The second-order valence-corrected chi connectivity index (χ2v) is 12.6. The molecule has 4 aromatic heterocycles. The average molecular weight is 650 g/mol. The summed E-state index contributed by atoms with van der Waals surface area (Å²) in [4.78, 5) is 27.6. The van der Waals surface area contributed by atoms with Crippen LogP contribution in [0.3, 0.4) is 0 Å². The molecule has 0 atom stereocenters. The largest absolute Gasteiger partial charge is 0.456 e. The molecule has 0 amide bonds. The standard InChI is InChI=1S/C42H27N5O3/c1-46-33-19-18-26(21-34(33)47(2)42(46)48)25-12-8-13-27(20-25)40-43-39(24-10-4-3-5-11-24)44-41(45-40)30-16-9-15-29-32-22-31-28-14-6-7-17-35(28)49-36(31)23-37(32)50-38(29)30/h3-23H,1-2H3. The minimum atomic E-state index is -0.0562. The van der Waals surface area contributed by atoms with Crippen LogP contribution in [0.15, 0.2) is 141 Å². The molecule has 0 fully saturated rings. The van der Waals surface area contributed by atoms with Crippen molar-refractivity contribution in [1.82, 2.24) is 24.1 Å². The summed E-state index contributed by atoms with van der Waals surface area (Å²) in [5, 5.41) is 4.09. The molecule has 6 aromatic carbocycles. The summed E-state index contributed by atoms with van der Waals surface area (Å²) in [7, 11) is 3.59. The van der Waals surface area contributed by atoms with Crippen molar-refractivity contribution in [3.8, 4) is 45.3 Å². The van der Waals surface area contributed by atoms with Gasteiger partial charge in [0, 0.05) is 52.8 Å². The maximum Gasteiger partial charge on any atom is 0.328 e. The lowest BCUT2D eigenvalue weighted by Crippen LogP contribution is -2.19. The molecular weight excluding hydrogens is 622 g/mol. The molecule has 0 unspecified atom stereocenters. The number of fused-ring (bicyclic) bond motifs is 7. The molecule has 0 aliphatic heterocycles. The monoisotopic (exact) mass is 649 g/mol. The lowest BCUT2D eigenvalue weighted by Gasteiger charge is -2.10. The normalized spacial score (nSPS) is 11.9. The summed E-state index contributed by atoms with van der Waals surface area (Å²) in [5.74, 6) is 1.62. The van der Waals surface area contributed by atoms with E-state index in [2.05, 4.69) is 30.3 Å². The summed E-state index contributed by atoms with van der Waals surface area (Å²) < 4.78 is 16.1. The van der Waals surface area contributed by atoms with Crippen LogP contribution < -0.4 is 5.69 Å². The summed E-state index contributed by atoms with van der Waals surface area (Å²) >= 11 is 0. The Morgan fingerprint density at radius 1 is 0.460 bits per heavy atom. The third-order valence-corrected chi connectivity index (χ3v) is 9.63. The van der Waals surface area contributed by atoms with Gasteiger partial charge in [-0.1, -0.05) is 84.9 Å². The fourth-order valence-electron chi connectivity index (χ4n) is 7.06. The van der Waals surface area contributed by atoms with E-state index in [1.165, 1.54) is 0 Å². The van der Waals surface area contributed by atoms with Gasteiger partial charge in [-0.15, -0.1) is 0 Å². The van der Waals surface area contributed by atoms with Crippen LogP contribution in [-0.4, -0.2) is 24.1 Å². The van der Waals surface area contributed by atoms with Crippen LogP contribution in [0.2, 0.25) is 0 Å².